The van der Waals surface area contributed by atoms with Crippen LogP contribution in [0.1, 0.15) is 51.6 Å². The lowest BCUT2D eigenvalue weighted by molar-refractivity contribution is -0.175. The Kier molecular flexibility index (Phi) is 4.90. The lowest BCUT2D eigenvalue weighted by Gasteiger charge is -2.48. The average molecular weight is 442 g/mol. The van der Waals surface area contributed by atoms with Crippen LogP contribution in [0, 0.1) is 23.7 Å². The second-order valence-corrected chi connectivity index (χ2v) is 8.79. The van der Waals surface area contributed by atoms with Crippen molar-refractivity contribution in [2.24, 2.45) is 35.1 Å². The van der Waals surface area contributed by atoms with Crippen LogP contribution in [0.2, 0.25) is 0 Å². The molecule has 0 bridgehead atoms. The van der Waals surface area contributed by atoms with Gasteiger partial charge in [-0.25, -0.2) is 0 Å². The van der Waals surface area contributed by atoms with Gasteiger partial charge in [-0.3, -0.25) is 28.8 Å². The van der Waals surface area contributed by atoms with Gasteiger partial charge in [-0.2, -0.15) is 0 Å². The molecule has 0 heterocycles. The summed E-state index contributed by atoms with van der Waals surface area (Å²) in [5.74, 6) is -11.3. The number of primary amides is 1. The van der Waals surface area contributed by atoms with Crippen LogP contribution in [-0.2, 0) is 32.1 Å². The maximum absolute atomic E-state index is 13.4. The molecule has 3 aliphatic carbocycles. The smallest absolute Gasteiger partial charge is 0.235 e. The van der Waals surface area contributed by atoms with E-state index >= 15 is 0 Å². The summed E-state index contributed by atoms with van der Waals surface area (Å²) in [7, 11) is 0. The van der Waals surface area contributed by atoms with Crippen molar-refractivity contribution in [3.05, 3.63) is 28.3 Å². The minimum absolute atomic E-state index is 0.0300. The van der Waals surface area contributed by atoms with E-state index in [4.69, 9.17) is 11.5 Å². The molecule has 0 saturated heterocycles. The fraction of sp³-hybridized carbons (Fsp3) is 0.455. The molecule has 2 saturated carbocycles. The molecule has 2 unspecified atom stereocenters. The summed E-state index contributed by atoms with van der Waals surface area (Å²) in [6, 6.07) is 1.41. The van der Waals surface area contributed by atoms with Crippen LogP contribution >= 0.6 is 0 Å². The number of aromatic hydroxyl groups is 1. The predicted molar refractivity (Wildman–Crippen MR) is 106 cm³/mol. The molecule has 3 aliphatic rings. The molecule has 1 aromatic carbocycles. The Morgan fingerprint density at radius 1 is 1.16 bits per heavy atom. The molecule has 2 fully saturated rings. The van der Waals surface area contributed by atoms with Gasteiger partial charge in [-0.15, -0.1) is 0 Å². The lowest BCUT2D eigenvalue weighted by atomic mass is 9.53. The molecule has 5 atom stereocenters. The molecular formula is C22H22N2O8. The second kappa shape index (κ2) is 7.14. The summed E-state index contributed by atoms with van der Waals surface area (Å²) in [6.07, 6.45) is -0.389. The Hall–Kier alpha value is -3.24. The van der Waals surface area contributed by atoms with Crippen molar-refractivity contribution < 1.29 is 39.0 Å². The third kappa shape index (κ3) is 2.72. The summed E-state index contributed by atoms with van der Waals surface area (Å²) in [6.45, 7) is 1.14. The number of amides is 1. The maximum Gasteiger partial charge on any atom is 0.235 e. The number of phenolic OH excluding ortho intramolecular Hbond substituents is 1. The Labute approximate surface area is 181 Å². The fourth-order valence-corrected chi connectivity index (χ4v) is 5.56. The fourth-order valence-electron chi connectivity index (χ4n) is 5.56. The quantitative estimate of drug-likeness (QED) is 0.335. The van der Waals surface area contributed by atoms with Gasteiger partial charge in [-0.1, -0.05) is 0 Å². The number of rotatable bonds is 3. The first-order valence-electron chi connectivity index (χ1n) is 10.2. The van der Waals surface area contributed by atoms with E-state index in [1.165, 1.54) is 13.0 Å². The molecule has 32 heavy (non-hydrogen) atoms. The van der Waals surface area contributed by atoms with Crippen molar-refractivity contribution in [3.8, 4) is 5.75 Å². The number of aliphatic hydroxyl groups is 1. The van der Waals surface area contributed by atoms with E-state index in [2.05, 4.69) is 0 Å². The summed E-state index contributed by atoms with van der Waals surface area (Å²) in [4.78, 5) is 75.8. The van der Waals surface area contributed by atoms with Crippen molar-refractivity contribution in [1.82, 2.24) is 0 Å². The zero-order valence-electron chi connectivity index (χ0n) is 17.2. The Bertz CT molecular complexity index is 1140. The number of Topliss-reactive ketones (excluding diaryl/α,β-unsaturated/α-hetero) is 5. The van der Waals surface area contributed by atoms with Crippen LogP contribution < -0.4 is 11.5 Å². The Morgan fingerprint density at radius 2 is 1.81 bits per heavy atom. The topological polar surface area (TPSA) is 195 Å². The van der Waals surface area contributed by atoms with Gasteiger partial charge in [0.1, 0.15) is 5.75 Å². The predicted octanol–water partition coefficient (Wildman–Crippen LogP) is -1.01. The average Bonchev–Trinajstić information content (AvgIpc) is 2.70. The molecule has 1 aromatic rings. The van der Waals surface area contributed by atoms with Crippen molar-refractivity contribution in [1.29, 1.82) is 0 Å². The highest BCUT2D eigenvalue weighted by Crippen LogP contribution is 2.50. The molecule has 0 aromatic heterocycles. The van der Waals surface area contributed by atoms with E-state index in [1.807, 2.05) is 0 Å². The van der Waals surface area contributed by atoms with Gasteiger partial charge < -0.3 is 21.7 Å². The number of hydrogen-bond donors (Lipinski definition) is 4. The lowest BCUT2D eigenvalue weighted by Crippen LogP contribution is -2.68. The van der Waals surface area contributed by atoms with Gasteiger partial charge in [0.2, 0.25) is 5.91 Å². The van der Waals surface area contributed by atoms with Gasteiger partial charge >= 0.3 is 0 Å². The number of hydrogen-bond acceptors (Lipinski definition) is 9. The van der Waals surface area contributed by atoms with Crippen LogP contribution in [0.4, 0.5) is 0 Å². The van der Waals surface area contributed by atoms with Crippen LogP contribution in [0.5, 0.6) is 5.75 Å². The van der Waals surface area contributed by atoms with Crippen LogP contribution in [0.3, 0.4) is 0 Å². The summed E-state index contributed by atoms with van der Waals surface area (Å²) in [5, 5.41) is 21.8. The molecule has 6 N–H and O–H groups in total. The van der Waals surface area contributed by atoms with E-state index in [0.717, 1.165) is 0 Å². The monoisotopic (exact) mass is 442 g/mol. The molecule has 0 spiro atoms. The maximum atomic E-state index is 13.4. The zero-order chi connectivity index (χ0) is 23.7. The zero-order valence-corrected chi connectivity index (χ0v) is 17.2. The third-order valence-corrected chi connectivity index (χ3v) is 7.08. The Morgan fingerprint density at radius 3 is 2.38 bits per heavy atom. The van der Waals surface area contributed by atoms with E-state index < -0.39 is 70.5 Å². The molecule has 4 rings (SSSR count). The van der Waals surface area contributed by atoms with E-state index in [0.29, 0.717) is 0 Å². The molecule has 10 heteroatoms. The van der Waals surface area contributed by atoms with E-state index in [-0.39, 0.29) is 47.4 Å². The molecule has 0 radical (unpaired) electrons. The SMILES string of the molecule is CC(=O)c1cc(CN)c(O)c2c1C[C@H]1C[C@H]3CC(=O)C(C(N)=O)C(=O)[C@@]3(O)C(=O)C1C2=O. The van der Waals surface area contributed by atoms with Gasteiger partial charge in [0.05, 0.1) is 11.5 Å². The largest absolute Gasteiger partial charge is 0.507 e. The highest BCUT2D eigenvalue weighted by molar-refractivity contribution is 6.31. The minimum atomic E-state index is -2.70. The van der Waals surface area contributed by atoms with Crippen molar-refractivity contribution in [3.63, 3.8) is 0 Å². The number of benzene rings is 1. The molecule has 10 nitrogen and oxygen atoms in total. The van der Waals surface area contributed by atoms with Crippen molar-refractivity contribution >= 4 is 34.8 Å². The van der Waals surface area contributed by atoms with Gasteiger partial charge in [0.15, 0.2) is 40.4 Å². The standard InChI is InChI=1S/C22H22N2O8/c1-7(25)11-4-9(6-23)17(27)15-12(11)3-8-2-10-5-13(26)16(21(24)31)20(30)22(10,32)19(29)14(8)18(15)28/h4,8,10,14,16,27,32H,2-3,5-6,23H2,1H3,(H2,24,31)/t8-,10+,14?,16?,22+/m1/s1. The van der Waals surface area contributed by atoms with Crippen LogP contribution in [0.15, 0.2) is 6.07 Å². The van der Waals surface area contributed by atoms with Gasteiger partial charge in [0, 0.05) is 30.0 Å². The number of nitrogens with two attached hydrogens (primary N) is 2. The van der Waals surface area contributed by atoms with Gasteiger partial charge in [-0.05, 0) is 37.3 Å². The molecular weight excluding hydrogens is 420 g/mol. The molecule has 1 amide bonds. The number of phenols is 1. The molecule has 0 aliphatic heterocycles. The second-order valence-electron chi connectivity index (χ2n) is 8.79. The summed E-state index contributed by atoms with van der Waals surface area (Å²) < 4.78 is 0. The Balaban J connectivity index is 1.86. The highest BCUT2D eigenvalue weighted by atomic mass is 16.3. The summed E-state index contributed by atoms with van der Waals surface area (Å²) in [5.41, 5.74) is 8.48. The van der Waals surface area contributed by atoms with Crippen molar-refractivity contribution in [2.75, 3.05) is 0 Å². The first kappa shape index (κ1) is 22.0. The normalized spacial score (nSPS) is 31.6. The number of fused-ring (bicyclic) bond motifs is 3. The number of carbonyl (C=O) groups is 6. The van der Waals surface area contributed by atoms with Gasteiger partial charge in [0.25, 0.3) is 0 Å². The van der Waals surface area contributed by atoms with E-state index in [9.17, 15) is 39.0 Å². The first-order valence-corrected chi connectivity index (χ1v) is 10.2. The minimum Gasteiger partial charge on any atom is -0.507 e. The molecule has 168 valence electrons. The first-order chi connectivity index (χ1) is 14.9. The number of ketones is 5. The van der Waals surface area contributed by atoms with Crippen LogP contribution in [-0.4, -0.2) is 50.6 Å². The number of carbonyl (C=O) groups excluding carboxylic acids is 6. The van der Waals surface area contributed by atoms with Crippen LogP contribution in [0.25, 0.3) is 0 Å². The summed E-state index contributed by atoms with van der Waals surface area (Å²) >= 11 is 0. The highest BCUT2D eigenvalue weighted by Gasteiger charge is 2.66. The van der Waals surface area contributed by atoms with E-state index in [1.54, 1.807) is 0 Å². The third-order valence-electron chi connectivity index (χ3n) is 7.08. The van der Waals surface area contributed by atoms with Crippen molar-refractivity contribution in [2.45, 2.75) is 38.3 Å².